The van der Waals surface area contributed by atoms with E-state index in [0.29, 0.717) is 0 Å². The Hall–Kier alpha value is -2.44. The number of alkyl halides is 23. The molecule has 1 unspecified atom stereocenters. The highest BCUT2D eigenvalue weighted by molar-refractivity contribution is 5.81. The molecule has 44 heavy (non-hydrogen) atoms. The first-order chi connectivity index (χ1) is 18.8. The summed E-state index contributed by atoms with van der Waals surface area (Å²) in [4.78, 5) is 10.7. The summed E-state index contributed by atoms with van der Waals surface area (Å²) in [5.41, 5.74) is -9.06. The normalized spacial score (nSPS) is 16.5. The van der Waals surface area contributed by atoms with Crippen LogP contribution in [0.15, 0.2) is 12.7 Å². The van der Waals surface area contributed by atoms with E-state index in [1.54, 1.807) is 0 Å². The Morgan fingerprint density at radius 2 is 0.864 bits per heavy atom. The van der Waals surface area contributed by atoms with Crippen molar-refractivity contribution >= 4 is 5.97 Å². The summed E-state index contributed by atoms with van der Waals surface area (Å²) in [5, 5.41) is 9.06. The summed E-state index contributed by atoms with van der Waals surface area (Å²) in [6, 6.07) is 0. The van der Waals surface area contributed by atoms with Crippen LogP contribution in [0.25, 0.3) is 0 Å². The van der Waals surface area contributed by atoms with Gasteiger partial charge in [-0.1, -0.05) is 6.58 Å². The minimum atomic E-state index is -9.52. The topological polar surface area (TPSA) is 46.5 Å². The van der Waals surface area contributed by atoms with Gasteiger partial charge in [0.05, 0.1) is 0 Å². The Labute approximate surface area is 226 Å². The zero-order valence-corrected chi connectivity index (χ0v) is 19.9. The molecule has 0 radical (unpaired) electrons. The van der Waals surface area contributed by atoms with E-state index >= 15 is 0 Å². The standard InChI is InChI=1S/C18H11F23O3/c1-2-6(42)44-7(43)4-3-5-8(19,20)10(22,23)12(26,27)14(30,31)16(34,35)15(32,33)13(28,29)11(24,25)9(21,17(36,37)38)18(39,40)41/h2,7,43H,1,3-5H2. The fraction of sp³-hybridized carbons (Fsp3) is 0.833. The van der Waals surface area contributed by atoms with E-state index in [1.165, 1.54) is 0 Å². The maximum atomic E-state index is 13.8. The third-order valence-corrected chi connectivity index (χ3v) is 5.40. The molecule has 0 aliphatic rings. The molecule has 0 aliphatic heterocycles. The van der Waals surface area contributed by atoms with Gasteiger partial charge < -0.3 is 9.84 Å². The third kappa shape index (κ3) is 5.82. The lowest BCUT2D eigenvalue weighted by atomic mass is 9.82. The van der Waals surface area contributed by atoms with Crippen LogP contribution in [-0.2, 0) is 9.53 Å². The zero-order chi connectivity index (χ0) is 36.2. The second-order valence-corrected chi connectivity index (χ2v) is 8.37. The summed E-state index contributed by atoms with van der Waals surface area (Å²) in [5.74, 6) is -72.5. The molecule has 0 saturated carbocycles. The number of aliphatic hydroxyl groups excluding tert-OH is 1. The number of carbonyl (C=O) groups is 1. The van der Waals surface area contributed by atoms with Gasteiger partial charge in [0.2, 0.25) is 6.29 Å². The van der Waals surface area contributed by atoms with Crippen molar-refractivity contribution in [2.24, 2.45) is 0 Å². The number of hydrogen-bond acceptors (Lipinski definition) is 3. The molecule has 0 aromatic rings. The lowest BCUT2D eigenvalue weighted by Crippen LogP contribution is -2.79. The lowest BCUT2D eigenvalue weighted by molar-refractivity contribution is -0.481. The first kappa shape index (κ1) is 41.6. The average Bonchev–Trinajstić information content (AvgIpc) is 2.80. The monoisotopic (exact) mass is 712 g/mol. The molecule has 0 amide bonds. The van der Waals surface area contributed by atoms with Crippen molar-refractivity contribution in [3.63, 3.8) is 0 Å². The maximum absolute atomic E-state index is 13.8. The van der Waals surface area contributed by atoms with Crippen molar-refractivity contribution in [2.45, 2.75) is 91.0 Å². The molecule has 262 valence electrons. The highest BCUT2D eigenvalue weighted by Crippen LogP contribution is 2.68. The SMILES string of the molecule is C=CC(=O)OC(O)CCCC(F)(F)C(F)(F)C(F)(F)C(F)(F)C(F)(F)C(F)(F)C(F)(F)C(F)(F)C(F)(C(F)(F)F)C(F)(F)F. The van der Waals surface area contributed by atoms with Crippen LogP contribution < -0.4 is 0 Å². The second-order valence-electron chi connectivity index (χ2n) is 8.37. The van der Waals surface area contributed by atoms with Crippen LogP contribution in [0.2, 0.25) is 0 Å². The molecule has 0 bridgehead atoms. The molecule has 3 nitrogen and oxygen atoms in total. The quantitative estimate of drug-likeness (QED) is 0.0858. The molecule has 0 aromatic carbocycles. The fourth-order valence-corrected chi connectivity index (χ4v) is 2.85. The van der Waals surface area contributed by atoms with Gasteiger partial charge in [0.15, 0.2) is 0 Å². The van der Waals surface area contributed by atoms with E-state index in [4.69, 9.17) is 5.11 Å². The van der Waals surface area contributed by atoms with E-state index < -0.39 is 96.9 Å². The molecule has 26 heteroatoms. The van der Waals surface area contributed by atoms with Crippen LogP contribution in [0.1, 0.15) is 19.3 Å². The van der Waals surface area contributed by atoms with Crippen LogP contribution in [0.5, 0.6) is 0 Å². The van der Waals surface area contributed by atoms with Gasteiger partial charge in [-0.05, 0) is 6.42 Å². The molecule has 1 N–H and O–H groups in total. The van der Waals surface area contributed by atoms with E-state index in [2.05, 4.69) is 11.3 Å². The zero-order valence-electron chi connectivity index (χ0n) is 19.9. The predicted octanol–water partition coefficient (Wildman–Crippen LogP) is 8.12. The van der Waals surface area contributed by atoms with Gasteiger partial charge >= 0.3 is 71.4 Å². The number of aliphatic hydroxyl groups is 1. The minimum Gasteiger partial charge on any atom is -0.433 e. The van der Waals surface area contributed by atoms with Crippen molar-refractivity contribution in [1.82, 2.24) is 0 Å². The molecule has 0 spiro atoms. The van der Waals surface area contributed by atoms with Crippen molar-refractivity contribution in [1.29, 1.82) is 0 Å². The van der Waals surface area contributed by atoms with Gasteiger partial charge in [-0.25, -0.2) is 9.18 Å². The highest BCUT2D eigenvalue weighted by atomic mass is 19.4. The molecule has 1 atom stereocenters. The average molecular weight is 712 g/mol. The van der Waals surface area contributed by atoms with Gasteiger partial charge in [0.25, 0.3) is 0 Å². The second kappa shape index (κ2) is 11.4. The highest BCUT2D eigenvalue weighted by Gasteiger charge is 2.99. The number of halogens is 23. The summed E-state index contributed by atoms with van der Waals surface area (Å²) in [6.45, 7) is 2.73. The molecule has 0 heterocycles. The van der Waals surface area contributed by atoms with Crippen LogP contribution in [0, 0.1) is 0 Å². The first-order valence-electron chi connectivity index (χ1n) is 10.2. The molecule has 0 saturated heterocycles. The molecule has 0 aliphatic carbocycles. The maximum Gasteiger partial charge on any atom is 0.438 e. The van der Waals surface area contributed by atoms with Crippen LogP contribution in [-0.4, -0.2) is 82.8 Å². The molecule has 0 rings (SSSR count). The Morgan fingerprint density at radius 3 is 1.16 bits per heavy atom. The Bertz CT molecular complexity index is 1030. The predicted molar refractivity (Wildman–Crippen MR) is 91.7 cm³/mol. The van der Waals surface area contributed by atoms with Crippen LogP contribution in [0.4, 0.5) is 101 Å². The lowest BCUT2D eigenvalue weighted by Gasteiger charge is -2.46. The van der Waals surface area contributed by atoms with Gasteiger partial charge in [-0.2, -0.15) is 96.6 Å². The minimum absolute atomic E-state index is 0.282. The van der Waals surface area contributed by atoms with Crippen molar-refractivity contribution in [3.8, 4) is 0 Å². The number of ether oxygens (including phenoxy) is 1. The number of esters is 1. The van der Waals surface area contributed by atoms with Gasteiger partial charge in [0, 0.05) is 18.9 Å². The molecular weight excluding hydrogens is 701 g/mol. The summed E-state index contributed by atoms with van der Waals surface area (Å²) in [6.07, 6.45) is -25.7. The Kier molecular flexibility index (Phi) is 10.8. The van der Waals surface area contributed by atoms with Gasteiger partial charge in [-0.3, -0.25) is 0 Å². The van der Waals surface area contributed by atoms with Gasteiger partial charge in [0.1, 0.15) is 0 Å². The van der Waals surface area contributed by atoms with Crippen molar-refractivity contribution in [3.05, 3.63) is 12.7 Å². The number of carbonyl (C=O) groups excluding carboxylic acids is 1. The van der Waals surface area contributed by atoms with E-state index in [9.17, 15) is 106 Å². The molecule has 0 fully saturated rings. The van der Waals surface area contributed by atoms with Crippen LogP contribution in [0.3, 0.4) is 0 Å². The summed E-state index contributed by atoms with van der Waals surface area (Å²) >= 11 is 0. The van der Waals surface area contributed by atoms with E-state index in [-0.39, 0.29) is 6.08 Å². The Morgan fingerprint density at radius 1 is 0.568 bits per heavy atom. The fourth-order valence-electron chi connectivity index (χ4n) is 2.85. The Balaban J connectivity index is 6.89. The summed E-state index contributed by atoms with van der Waals surface area (Å²) < 4.78 is 312. The van der Waals surface area contributed by atoms with Gasteiger partial charge in [-0.15, -0.1) is 0 Å². The smallest absolute Gasteiger partial charge is 0.433 e. The molecule has 0 aromatic heterocycles. The van der Waals surface area contributed by atoms with Crippen molar-refractivity contribution in [2.75, 3.05) is 0 Å². The first-order valence-corrected chi connectivity index (χ1v) is 10.2. The molecular formula is C18H11F23O3. The van der Waals surface area contributed by atoms with Crippen LogP contribution >= 0.6 is 0 Å². The number of hydrogen-bond donors (Lipinski definition) is 1. The van der Waals surface area contributed by atoms with E-state index in [1.807, 2.05) is 0 Å². The summed E-state index contributed by atoms with van der Waals surface area (Å²) in [7, 11) is 0. The third-order valence-electron chi connectivity index (χ3n) is 5.40. The number of rotatable bonds is 14. The largest absolute Gasteiger partial charge is 0.438 e. The van der Waals surface area contributed by atoms with Crippen molar-refractivity contribution < 1.29 is 116 Å². The van der Waals surface area contributed by atoms with E-state index in [0.717, 1.165) is 0 Å².